The Morgan fingerprint density at radius 1 is 1.17 bits per heavy atom. The number of methoxy groups -OCH3 is 1. The number of anilines is 2. The fraction of sp³-hybridized carbons (Fsp3) is 0.273. The van der Waals surface area contributed by atoms with Gasteiger partial charge in [-0.2, -0.15) is 11.8 Å². The number of aryl methyl sites for hydroxylation is 1. The quantitative estimate of drug-likeness (QED) is 0.624. The van der Waals surface area contributed by atoms with E-state index in [9.17, 15) is 4.79 Å². The Morgan fingerprint density at radius 2 is 1.97 bits per heavy atom. The molecule has 0 radical (unpaired) electrons. The summed E-state index contributed by atoms with van der Waals surface area (Å²) >= 11 is 7.97. The van der Waals surface area contributed by atoms with Gasteiger partial charge in [0.05, 0.1) is 12.8 Å². The first-order valence-corrected chi connectivity index (χ1v) is 11.0. The maximum absolute atomic E-state index is 13.1. The molecule has 1 fully saturated rings. The van der Waals surface area contributed by atoms with Crippen molar-refractivity contribution in [3.05, 3.63) is 58.7 Å². The lowest BCUT2D eigenvalue weighted by atomic mass is 10.1. The summed E-state index contributed by atoms with van der Waals surface area (Å²) in [5, 5.41) is 5.04. The Labute approximate surface area is 179 Å². The third-order valence-corrected chi connectivity index (χ3v) is 6.18. The van der Waals surface area contributed by atoms with Crippen molar-refractivity contribution in [2.75, 3.05) is 37.0 Å². The van der Waals surface area contributed by atoms with E-state index in [-0.39, 0.29) is 5.91 Å². The first kappa shape index (κ1) is 19.9. The third kappa shape index (κ3) is 4.14. The number of nitrogens with one attached hydrogen (secondary N) is 1. The van der Waals surface area contributed by atoms with Crippen LogP contribution < -0.4 is 10.1 Å². The molecule has 2 heterocycles. The van der Waals surface area contributed by atoms with Gasteiger partial charge in [-0.05, 0) is 42.8 Å². The smallest absolute Gasteiger partial charge is 0.272 e. The van der Waals surface area contributed by atoms with Crippen molar-refractivity contribution >= 4 is 51.5 Å². The van der Waals surface area contributed by atoms with Crippen molar-refractivity contribution in [3.8, 4) is 5.75 Å². The lowest BCUT2D eigenvalue weighted by molar-refractivity contribution is 0.0767. The maximum atomic E-state index is 13.1. The van der Waals surface area contributed by atoms with Crippen LogP contribution in [0.4, 0.5) is 11.4 Å². The van der Waals surface area contributed by atoms with E-state index in [0.717, 1.165) is 46.9 Å². The number of amides is 1. The number of para-hydroxylation sites is 1. The van der Waals surface area contributed by atoms with Gasteiger partial charge in [-0.25, -0.2) is 4.98 Å². The van der Waals surface area contributed by atoms with Crippen LogP contribution in [0.1, 0.15) is 16.1 Å². The lowest BCUT2D eigenvalue weighted by Gasteiger charge is -2.26. The Bertz CT molecular complexity index is 1070. The number of thioether (sulfide) groups is 1. The first-order valence-electron chi connectivity index (χ1n) is 9.45. The number of halogens is 1. The molecule has 7 heteroatoms. The second kappa shape index (κ2) is 8.51. The molecular weight excluding hydrogens is 406 g/mol. The Hall–Kier alpha value is -2.44. The van der Waals surface area contributed by atoms with Crippen LogP contribution in [-0.2, 0) is 0 Å². The molecule has 2 aromatic carbocycles. The van der Waals surface area contributed by atoms with Crippen molar-refractivity contribution in [1.82, 2.24) is 9.88 Å². The highest BCUT2D eigenvalue weighted by Gasteiger charge is 2.22. The molecule has 1 amide bonds. The standard InChI is InChI=1S/C22H22ClN3O2S/c1-14-12-15(23)6-7-17(14)24-18-13-19(22(27)26-8-10-29-11-9-26)25-21-16(18)4-3-5-20(21)28-2/h3-7,12-13H,8-11H2,1-2H3,(H,24,25). The molecule has 0 bridgehead atoms. The van der Waals surface area contributed by atoms with Crippen LogP contribution in [0.25, 0.3) is 10.9 Å². The second-order valence-electron chi connectivity index (χ2n) is 6.90. The predicted molar refractivity (Wildman–Crippen MR) is 121 cm³/mol. The number of ether oxygens (including phenoxy) is 1. The van der Waals surface area contributed by atoms with E-state index in [0.29, 0.717) is 22.0 Å². The molecule has 1 saturated heterocycles. The number of nitrogens with zero attached hydrogens (tertiary/aromatic N) is 2. The van der Waals surface area contributed by atoms with Crippen molar-refractivity contribution in [3.63, 3.8) is 0 Å². The molecule has 3 aromatic rings. The van der Waals surface area contributed by atoms with Crippen molar-refractivity contribution in [2.45, 2.75) is 6.92 Å². The zero-order valence-electron chi connectivity index (χ0n) is 16.4. The number of hydrogen-bond acceptors (Lipinski definition) is 5. The Morgan fingerprint density at radius 3 is 2.69 bits per heavy atom. The molecule has 0 spiro atoms. The summed E-state index contributed by atoms with van der Waals surface area (Å²) in [7, 11) is 1.61. The van der Waals surface area contributed by atoms with E-state index in [1.165, 1.54) is 0 Å². The number of hydrogen-bond donors (Lipinski definition) is 1. The molecule has 1 aliphatic rings. The van der Waals surface area contributed by atoms with Crippen molar-refractivity contribution in [1.29, 1.82) is 0 Å². The number of aromatic nitrogens is 1. The summed E-state index contributed by atoms with van der Waals surface area (Å²) in [5.41, 5.74) is 3.85. The molecule has 1 aromatic heterocycles. The molecule has 1 aliphatic heterocycles. The van der Waals surface area contributed by atoms with E-state index in [4.69, 9.17) is 16.3 Å². The molecule has 29 heavy (non-hydrogen) atoms. The summed E-state index contributed by atoms with van der Waals surface area (Å²) in [5.74, 6) is 2.51. The fourth-order valence-electron chi connectivity index (χ4n) is 3.44. The number of pyridine rings is 1. The van der Waals surface area contributed by atoms with Crippen LogP contribution in [0.3, 0.4) is 0 Å². The number of fused-ring (bicyclic) bond motifs is 1. The molecule has 0 unspecified atom stereocenters. The lowest BCUT2D eigenvalue weighted by Crippen LogP contribution is -2.38. The minimum atomic E-state index is -0.0472. The molecule has 5 nitrogen and oxygen atoms in total. The van der Waals surface area contributed by atoms with Gasteiger partial charge in [0.2, 0.25) is 0 Å². The Kier molecular flexibility index (Phi) is 5.83. The normalized spacial score (nSPS) is 14.1. The molecule has 150 valence electrons. The average Bonchev–Trinajstić information content (AvgIpc) is 2.75. The van der Waals surface area contributed by atoms with Gasteiger partial charge in [-0.15, -0.1) is 0 Å². The molecular formula is C22H22ClN3O2S. The molecule has 0 saturated carbocycles. The highest BCUT2D eigenvalue weighted by Crippen LogP contribution is 2.33. The van der Waals surface area contributed by atoms with Crippen LogP contribution in [0.5, 0.6) is 5.75 Å². The number of benzene rings is 2. The topological polar surface area (TPSA) is 54.5 Å². The van der Waals surface area contributed by atoms with E-state index in [2.05, 4.69) is 10.3 Å². The first-order chi connectivity index (χ1) is 14.1. The van der Waals surface area contributed by atoms with Crippen LogP contribution in [-0.4, -0.2) is 47.5 Å². The summed E-state index contributed by atoms with van der Waals surface area (Å²) in [6.07, 6.45) is 0. The monoisotopic (exact) mass is 427 g/mol. The third-order valence-electron chi connectivity index (χ3n) is 5.00. The Balaban J connectivity index is 1.82. The highest BCUT2D eigenvalue weighted by molar-refractivity contribution is 7.99. The van der Waals surface area contributed by atoms with Gasteiger partial charge in [0, 0.05) is 40.7 Å². The zero-order chi connectivity index (χ0) is 20.4. The number of carbonyl (C=O) groups is 1. The van der Waals surface area contributed by atoms with Gasteiger partial charge in [0.15, 0.2) is 0 Å². The SMILES string of the molecule is COc1cccc2c(Nc3ccc(Cl)cc3C)cc(C(=O)N3CCSCC3)nc12. The summed E-state index contributed by atoms with van der Waals surface area (Å²) in [6, 6.07) is 13.3. The minimum Gasteiger partial charge on any atom is -0.494 e. The molecule has 0 atom stereocenters. The van der Waals surface area contributed by atoms with E-state index < -0.39 is 0 Å². The van der Waals surface area contributed by atoms with Crippen LogP contribution in [0, 0.1) is 6.92 Å². The second-order valence-corrected chi connectivity index (χ2v) is 8.56. The fourth-order valence-corrected chi connectivity index (χ4v) is 4.57. The van der Waals surface area contributed by atoms with Crippen molar-refractivity contribution in [2.24, 2.45) is 0 Å². The van der Waals surface area contributed by atoms with E-state index in [1.807, 2.05) is 66.1 Å². The van der Waals surface area contributed by atoms with E-state index in [1.54, 1.807) is 7.11 Å². The van der Waals surface area contributed by atoms with Crippen LogP contribution >= 0.6 is 23.4 Å². The average molecular weight is 428 g/mol. The van der Waals surface area contributed by atoms with Gasteiger partial charge in [-0.1, -0.05) is 23.7 Å². The van der Waals surface area contributed by atoms with Gasteiger partial charge in [0.1, 0.15) is 17.0 Å². The highest BCUT2D eigenvalue weighted by atomic mass is 35.5. The van der Waals surface area contributed by atoms with E-state index >= 15 is 0 Å². The molecule has 1 N–H and O–H groups in total. The molecule has 0 aliphatic carbocycles. The number of carbonyl (C=O) groups excluding carboxylic acids is 1. The summed E-state index contributed by atoms with van der Waals surface area (Å²) in [4.78, 5) is 19.7. The largest absolute Gasteiger partial charge is 0.494 e. The summed E-state index contributed by atoms with van der Waals surface area (Å²) < 4.78 is 5.52. The van der Waals surface area contributed by atoms with Crippen LogP contribution in [0.15, 0.2) is 42.5 Å². The van der Waals surface area contributed by atoms with Gasteiger partial charge >= 0.3 is 0 Å². The predicted octanol–water partition coefficient (Wildman–Crippen LogP) is 5.14. The maximum Gasteiger partial charge on any atom is 0.272 e. The van der Waals surface area contributed by atoms with Crippen LogP contribution in [0.2, 0.25) is 5.02 Å². The van der Waals surface area contributed by atoms with Gasteiger partial charge in [0.25, 0.3) is 5.91 Å². The summed E-state index contributed by atoms with van der Waals surface area (Å²) in [6.45, 7) is 3.48. The van der Waals surface area contributed by atoms with Crippen molar-refractivity contribution < 1.29 is 9.53 Å². The van der Waals surface area contributed by atoms with Gasteiger partial charge < -0.3 is 15.0 Å². The minimum absolute atomic E-state index is 0.0472. The molecule has 4 rings (SSSR count). The number of rotatable bonds is 4. The zero-order valence-corrected chi connectivity index (χ0v) is 17.9. The van der Waals surface area contributed by atoms with Gasteiger partial charge in [-0.3, -0.25) is 4.79 Å².